The first-order chi connectivity index (χ1) is 14.8. The lowest BCUT2D eigenvalue weighted by Gasteiger charge is -2.28. The zero-order chi connectivity index (χ0) is 22.4. The fourth-order valence-corrected chi connectivity index (χ4v) is 5.26. The van der Waals surface area contributed by atoms with E-state index in [1.54, 1.807) is 55.5 Å². The summed E-state index contributed by atoms with van der Waals surface area (Å²) in [7, 11) is -3.35. The van der Waals surface area contributed by atoms with Crippen molar-refractivity contribution in [2.24, 2.45) is 0 Å². The third-order valence-corrected chi connectivity index (χ3v) is 6.88. The normalized spacial score (nSPS) is 16.4. The van der Waals surface area contributed by atoms with Crippen molar-refractivity contribution >= 4 is 33.2 Å². The number of carbonyl (C=O) groups excluding carboxylic acids is 1. The number of carboxylic acids is 1. The molecule has 8 heteroatoms. The maximum absolute atomic E-state index is 12.6. The maximum Gasteiger partial charge on any atom is 0.335 e. The Morgan fingerprint density at radius 2 is 1.65 bits per heavy atom. The van der Waals surface area contributed by atoms with Crippen LogP contribution in [0, 0.1) is 0 Å². The van der Waals surface area contributed by atoms with Gasteiger partial charge >= 0.3 is 11.9 Å². The van der Waals surface area contributed by atoms with Gasteiger partial charge < -0.3 is 9.84 Å². The van der Waals surface area contributed by atoms with Gasteiger partial charge in [0.25, 0.3) is 0 Å². The number of sulfonamides is 1. The SMILES string of the molecule is CCOC(=O)C(CC(=O)O)=C(c1ccccc1)c1ccc(N2CCCCS2(=O)=O)cc1. The monoisotopic (exact) mass is 443 g/mol. The molecule has 2 aromatic carbocycles. The molecule has 0 unspecified atom stereocenters. The van der Waals surface area contributed by atoms with Crippen molar-refractivity contribution < 1.29 is 27.9 Å². The first-order valence-electron chi connectivity index (χ1n) is 10.1. The largest absolute Gasteiger partial charge is 0.481 e. The summed E-state index contributed by atoms with van der Waals surface area (Å²) in [6.45, 7) is 2.21. The molecule has 1 heterocycles. The van der Waals surface area contributed by atoms with Crippen molar-refractivity contribution in [3.8, 4) is 0 Å². The predicted molar refractivity (Wildman–Crippen MR) is 118 cm³/mol. The number of benzene rings is 2. The fourth-order valence-electron chi connectivity index (χ4n) is 3.63. The lowest BCUT2D eigenvalue weighted by Crippen LogP contribution is -2.37. The Hall–Kier alpha value is -3.13. The van der Waals surface area contributed by atoms with Crippen molar-refractivity contribution in [3.63, 3.8) is 0 Å². The Kier molecular flexibility index (Phi) is 7.12. The van der Waals surface area contributed by atoms with E-state index in [-0.39, 0.29) is 17.9 Å². The third-order valence-electron chi connectivity index (χ3n) is 5.01. The number of esters is 1. The molecule has 0 spiro atoms. The summed E-state index contributed by atoms with van der Waals surface area (Å²) in [5.41, 5.74) is 2.32. The van der Waals surface area contributed by atoms with Gasteiger partial charge in [0.05, 0.1) is 30.0 Å². The Balaban J connectivity index is 2.12. The highest BCUT2D eigenvalue weighted by molar-refractivity contribution is 7.92. The molecule has 1 aliphatic rings. The summed E-state index contributed by atoms with van der Waals surface area (Å²) in [5.74, 6) is -1.71. The molecule has 0 saturated carbocycles. The number of carbonyl (C=O) groups is 2. The van der Waals surface area contributed by atoms with Crippen LogP contribution in [0.4, 0.5) is 5.69 Å². The molecule has 0 aliphatic carbocycles. The Morgan fingerprint density at radius 3 is 2.23 bits per heavy atom. The van der Waals surface area contributed by atoms with E-state index in [4.69, 9.17) is 4.74 Å². The van der Waals surface area contributed by atoms with Crippen LogP contribution in [-0.2, 0) is 24.3 Å². The molecule has 0 atom stereocenters. The zero-order valence-electron chi connectivity index (χ0n) is 17.3. The van der Waals surface area contributed by atoms with Gasteiger partial charge in [-0.2, -0.15) is 0 Å². The summed E-state index contributed by atoms with van der Waals surface area (Å²) in [6, 6.07) is 15.8. The second-order valence-corrected chi connectivity index (χ2v) is 9.17. The molecule has 0 amide bonds. The van der Waals surface area contributed by atoms with Crippen molar-refractivity contribution in [2.75, 3.05) is 23.2 Å². The molecule has 31 heavy (non-hydrogen) atoms. The van der Waals surface area contributed by atoms with Crippen LogP contribution in [0.25, 0.3) is 5.57 Å². The van der Waals surface area contributed by atoms with Crippen LogP contribution in [0.15, 0.2) is 60.2 Å². The lowest BCUT2D eigenvalue weighted by molar-refractivity contribution is -0.142. The van der Waals surface area contributed by atoms with Crippen LogP contribution in [0.5, 0.6) is 0 Å². The van der Waals surface area contributed by atoms with Crippen molar-refractivity contribution in [3.05, 3.63) is 71.3 Å². The fraction of sp³-hybridized carbons (Fsp3) is 0.304. The van der Waals surface area contributed by atoms with E-state index in [9.17, 15) is 23.1 Å². The Bertz CT molecular complexity index is 1070. The van der Waals surface area contributed by atoms with E-state index < -0.39 is 28.4 Å². The molecule has 164 valence electrons. The number of nitrogens with zero attached hydrogens (tertiary/aromatic N) is 1. The molecule has 0 aromatic heterocycles. The number of carboxylic acid groups (broad SMARTS) is 1. The van der Waals surface area contributed by atoms with E-state index in [0.717, 1.165) is 6.42 Å². The van der Waals surface area contributed by atoms with Crippen LogP contribution in [0.2, 0.25) is 0 Å². The molecular formula is C23H25NO6S. The number of ether oxygens (including phenoxy) is 1. The van der Waals surface area contributed by atoms with Crippen molar-refractivity contribution in [1.29, 1.82) is 0 Å². The highest BCUT2D eigenvalue weighted by atomic mass is 32.2. The topological polar surface area (TPSA) is 101 Å². The minimum atomic E-state index is -3.35. The second kappa shape index (κ2) is 9.78. The first kappa shape index (κ1) is 22.6. The molecule has 7 nitrogen and oxygen atoms in total. The second-order valence-electron chi connectivity index (χ2n) is 7.15. The summed E-state index contributed by atoms with van der Waals surface area (Å²) < 4.78 is 31.3. The number of hydrogen-bond acceptors (Lipinski definition) is 5. The minimum Gasteiger partial charge on any atom is -0.481 e. The summed E-state index contributed by atoms with van der Waals surface area (Å²) in [4.78, 5) is 24.1. The zero-order valence-corrected chi connectivity index (χ0v) is 18.1. The highest BCUT2D eigenvalue weighted by Crippen LogP contribution is 2.32. The molecule has 1 aliphatic heterocycles. The number of rotatable bonds is 7. The summed E-state index contributed by atoms with van der Waals surface area (Å²) >= 11 is 0. The van der Waals surface area contributed by atoms with Gasteiger partial charge in [-0.05, 0) is 48.6 Å². The van der Waals surface area contributed by atoms with Gasteiger partial charge in [-0.15, -0.1) is 0 Å². The van der Waals surface area contributed by atoms with Gasteiger partial charge in [0.1, 0.15) is 0 Å². The van der Waals surface area contributed by atoms with E-state index >= 15 is 0 Å². The van der Waals surface area contributed by atoms with E-state index in [2.05, 4.69) is 0 Å². The smallest absolute Gasteiger partial charge is 0.335 e. The van der Waals surface area contributed by atoms with Crippen molar-refractivity contribution in [1.82, 2.24) is 0 Å². The molecule has 1 N–H and O–H groups in total. The molecular weight excluding hydrogens is 418 g/mol. The molecule has 3 rings (SSSR count). The molecule has 2 aromatic rings. The number of anilines is 1. The van der Waals surface area contributed by atoms with Crippen LogP contribution in [0.3, 0.4) is 0 Å². The van der Waals surface area contributed by atoms with Crippen LogP contribution in [0.1, 0.15) is 37.3 Å². The van der Waals surface area contributed by atoms with Gasteiger partial charge in [-0.25, -0.2) is 13.2 Å². The first-order valence-corrected chi connectivity index (χ1v) is 11.7. The predicted octanol–water partition coefficient (Wildman–Crippen LogP) is 3.46. The molecule has 0 radical (unpaired) electrons. The highest BCUT2D eigenvalue weighted by Gasteiger charge is 2.27. The van der Waals surface area contributed by atoms with Gasteiger partial charge in [-0.3, -0.25) is 9.10 Å². The average molecular weight is 444 g/mol. The van der Waals surface area contributed by atoms with Crippen LogP contribution >= 0.6 is 0 Å². The van der Waals surface area contributed by atoms with Gasteiger partial charge in [-0.1, -0.05) is 42.5 Å². The summed E-state index contributed by atoms with van der Waals surface area (Å²) in [5, 5.41) is 9.40. The minimum absolute atomic E-state index is 0.0406. The van der Waals surface area contributed by atoms with E-state index in [1.165, 1.54) is 4.31 Å². The number of hydrogen-bond donors (Lipinski definition) is 1. The standard InChI is InChI=1S/C23H25NO6S/c1-2-30-23(27)20(16-21(25)26)22(17-8-4-3-5-9-17)18-10-12-19(13-11-18)24-14-6-7-15-31(24,28)29/h3-5,8-13H,2,6-7,14-16H2,1H3,(H,25,26). The van der Waals surface area contributed by atoms with Crippen molar-refractivity contribution in [2.45, 2.75) is 26.2 Å². The summed E-state index contributed by atoms with van der Waals surface area (Å²) in [6.07, 6.45) is 0.947. The van der Waals surface area contributed by atoms with Crippen LogP contribution < -0.4 is 4.31 Å². The average Bonchev–Trinajstić information content (AvgIpc) is 2.74. The van der Waals surface area contributed by atoms with E-state index in [0.29, 0.717) is 35.4 Å². The third kappa shape index (κ3) is 5.32. The maximum atomic E-state index is 12.6. The Morgan fingerprint density at radius 1 is 1.00 bits per heavy atom. The number of aliphatic carboxylic acids is 1. The van der Waals surface area contributed by atoms with Gasteiger partial charge in [0.2, 0.25) is 10.0 Å². The molecule has 0 bridgehead atoms. The van der Waals surface area contributed by atoms with Gasteiger partial charge in [0.15, 0.2) is 0 Å². The molecule has 1 saturated heterocycles. The van der Waals surface area contributed by atoms with E-state index in [1.807, 2.05) is 6.07 Å². The quantitative estimate of drug-likeness (QED) is 0.520. The lowest BCUT2D eigenvalue weighted by atomic mass is 9.91. The Labute approximate surface area is 182 Å². The van der Waals surface area contributed by atoms with Crippen LogP contribution in [-0.4, -0.2) is 44.4 Å². The molecule has 1 fully saturated rings. The van der Waals surface area contributed by atoms with Gasteiger partial charge in [0, 0.05) is 6.54 Å².